The number of morpholine rings is 2. The standard InChI is InChI=1S/C32H44N4O4/c1-23-15-25(21-35-7-11-39-12-8-35)17-27(31(23)37)19-33-29-5-3-4-6-30(29)34-20-28-18-26(16-24(2)32(28)38)22-36-9-13-40-14-10-36/h15-20,29-30,37-38H,3-14,21-22H2,1-2H3/t29-,30?/m1/s1. The Hall–Kier alpha value is -2.78. The van der Waals surface area contributed by atoms with Crippen LogP contribution in [0.4, 0.5) is 0 Å². The van der Waals surface area contributed by atoms with E-state index < -0.39 is 0 Å². The van der Waals surface area contributed by atoms with Crippen molar-refractivity contribution in [1.82, 2.24) is 9.80 Å². The van der Waals surface area contributed by atoms with Crippen LogP contribution in [0, 0.1) is 13.8 Å². The second-order valence-electron chi connectivity index (χ2n) is 11.5. The van der Waals surface area contributed by atoms with Crippen LogP contribution in [-0.4, -0.2) is 97.1 Å². The van der Waals surface area contributed by atoms with Gasteiger partial charge < -0.3 is 19.7 Å². The molecule has 0 radical (unpaired) electrons. The van der Waals surface area contributed by atoms with Gasteiger partial charge >= 0.3 is 0 Å². The van der Waals surface area contributed by atoms with Crippen LogP contribution in [0.3, 0.4) is 0 Å². The van der Waals surface area contributed by atoms with E-state index in [4.69, 9.17) is 19.5 Å². The number of aliphatic imine (C=N–C) groups is 2. The number of hydrogen-bond donors (Lipinski definition) is 2. The Morgan fingerprint density at radius 1 is 0.700 bits per heavy atom. The van der Waals surface area contributed by atoms with Crippen molar-refractivity contribution in [3.8, 4) is 11.5 Å². The molecule has 3 fully saturated rings. The van der Waals surface area contributed by atoms with Crippen LogP contribution in [0.1, 0.15) is 59.1 Å². The number of ether oxygens (including phenoxy) is 2. The normalized spacial score (nSPS) is 23.4. The van der Waals surface area contributed by atoms with Gasteiger partial charge in [-0.05, 0) is 61.1 Å². The maximum Gasteiger partial charge on any atom is 0.127 e. The van der Waals surface area contributed by atoms with Gasteiger partial charge in [0.2, 0.25) is 0 Å². The van der Waals surface area contributed by atoms with Crippen molar-refractivity contribution in [2.75, 3.05) is 52.6 Å². The second-order valence-corrected chi connectivity index (χ2v) is 11.5. The number of phenols is 2. The van der Waals surface area contributed by atoms with Crippen LogP contribution in [0.25, 0.3) is 0 Å². The summed E-state index contributed by atoms with van der Waals surface area (Å²) >= 11 is 0. The highest BCUT2D eigenvalue weighted by Gasteiger charge is 2.24. The first-order chi connectivity index (χ1) is 19.5. The molecular formula is C32H44N4O4. The summed E-state index contributed by atoms with van der Waals surface area (Å²) in [5, 5.41) is 21.6. The topological polar surface area (TPSA) is 90.1 Å². The van der Waals surface area contributed by atoms with E-state index in [2.05, 4.69) is 34.1 Å². The van der Waals surface area contributed by atoms with Gasteiger partial charge in [-0.3, -0.25) is 19.8 Å². The average molecular weight is 549 g/mol. The molecule has 5 rings (SSSR count). The van der Waals surface area contributed by atoms with E-state index >= 15 is 0 Å². The van der Waals surface area contributed by atoms with Crippen molar-refractivity contribution >= 4 is 12.4 Å². The van der Waals surface area contributed by atoms with E-state index in [1.165, 1.54) is 11.1 Å². The maximum atomic E-state index is 10.8. The van der Waals surface area contributed by atoms with Gasteiger partial charge in [-0.25, -0.2) is 0 Å². The molecule has 8 nitrogen and oxygen atoms in total. The molecule has 0 spiro atoms. The molecule has 1 saturated carbocycles. The van der Waals surface area contributed by atoms with Crippen LogP contribution >= 0.6 is 0 Å². The number of aryl methyl sites for hydroxylation is 2. The average Bonchev–Trinajstić information content (AvgIpc) is 2.96. The Morgan fingerprint density at radius 3 is 1.50 bits per heavy atom. The van der Waals surface area contributed by atoms with Crippen molar-refractivity contribution in [3.05, 3.63) is 57.6 Å². The lowest BCUT2D eigenvalue weighted by Gasteiger charge is -2.27. The number of rotatable bonds is 8. The molecule has 2 N–H and O–H groups in total. The summed E-state index contributed by atoms with van der Waals surface area (Å²) in [5.41, 5.74) is 5.63. The van der Waals surface area contributed by atoms with Crippen LogP contribution in [0.2, 0.25) is 0 Å². The zero-order chi connectivity index (χ0) is 27.9. The van der Waals surface area contributed by atoms with E-state index in [0.29, 0.717) is 11.5 Å². The first-order valence-corrected chi connectivity index (χ1v) is 14.8. The lowest BCUT2D eigenvalue weighted by atomic mass is 9.91. The van der Waals surface area contributed by atoms with Crippen LogP contribution in [0.15, 0.2) is 34.3 Å². The fraction of sp³-hybridized carbons (Fsp3) is 0.562. The number of phenolic OH excluding ortho intramolecular Hbond substituents is 2. The minimum Gasteiger partial charge on any atom is -0.507 e. The highest BCUT2D eigenvalue weighted by molar-refractivity contribution is 5.85. The molecule has 0 bridgehead atoms. The third-order valence-electron chi connectivity index (χ3n) is 8.30. The Bertz CT molecular complexity index is 1110. The third-order valence-corrected chi connectivity index (χ3v) is 8.30. The second kappa shape index (κ2) is 13.7. The zero-order valence-electron chi connectivity index (χ0n) is 24.0. The third kappa shape index (κ3) is 7.49. The molecule has 40 heavy (non-hydrogen) atoms. The molecule has 0 aromatic heterocycles. The molecule has 3 aliphatic rings. The molecule has 2 heterocycles. The van der Waals surface area contributed by atoms with Gasteiger partial charge in [-0.15, -0.1) is 0 Å². The van der Waals surface area contributed by atoms with Crippen molar-refractivity contribution in [2.45, 2.75) is 64.7 Å². The molecule has 8 heteroatoms. The zero-order valence-corrected chi connectivity index (χ0v) is 24.0. The van der Waals surface area contributed by atoms with Crippen LogP contribution in [-0.2, 0) is 22.6 Å². The number of hydrogen-bond acceptors (Lipinski definition) is 8. The summed E-state index contributed by atoms with van der Waals surface area (Å²) in [5.74, 6) is 0.589. The summed E-state index contributed by atoms with van der Waals surface area (Å²) in [7, 11) is 0. The quantitative estimate of drug-likeness (QED) is 0.480. The first kappa shape index (κ1) is 28.7. The van der Waals surface area contributed by atoms with Crippen molar-refractivity contribution in [2.24, 2.45) is 9.98 Å². The molecule has 2 aromatic carbocycles. The minimum absolute atomic E-state index is 0.0485. The Labute approximate surface area is 238 Å². The fourth-order valence-corrected chi connectivity index (χ4v) is 5.97. The van der Waals surface area contributed by atoms with Gasteiger partial charge in [-0.2, -0.15) is 0 Å². The summed E-state index contributed by atoms with van der Waals surface area (Å²) in [6.45, 7) is 12.4. The summed E-state index contributed by atoms with van der Waals surface area (Å²) < 4.78 is 11.0. The highest BCUT2D eigenvalue weighted by atomic mass is 16.5. The van der Waals surface area contributed by atoms with Gasteiger partial charge in [0, 0.05) is 62.8 Å². The van der Waals surface area contributed by atoms with E-state index in [9.17, 15) is 10.2 Å². The molecule has 2 saturated heterocycles. The number of aromatic hydroxyl groups is 2. The summed E-state index contributed by atoms with van der Waals surface area (Å²) in [6.07, 6.45) is 7.86. The van der Waals surface area contributed by atoms with Crippen molar-refractivity contribution < 1.29 is 19.7 Å². The minimum atomic E-state index is 0.0485. The Kier molecular flexibility index (Phi) is 9.86. The molecule has 216 valence electrons. The van der Waals surface area contributed by atoms with Gasteiger partial charge in [0.15, 0.2) is 0 Å². The van der Waals surface area contributed by atoms with Crippen molar-refractivity contribution in [3.63, 3.8) is 0 Å². The number of benzene rings is 2. The Balaban J connectivity index is 1.30. The van der Waals surface area contributed by atoms with E-state index in [0.717, 1.165) is 114 Å². The summed E-state index contributed by atoms with van der Waals surface area (Å²) in [4.78, 5) is 14.7. The van der Waals surface area contributed by atoms with Gasteiger partial charge in [0.05, 0.1) is 38.5 Å². The monoisotopic (exact) mass is 548 g/mol. The van der Waals surface area contributed by atoms with E-state index in [1.807, 2.05) is 26.3 Å². The highest BCUT2D eigenvalue weighted by Crippen LogP contribution is 2.28. The van der Waals surface area contributed by atoms with Crippen LogP contribution < -0.4 is 0 Å². The predicted octanol–water partition coefficient (Wildman–Crippen LogP) is 4.23. The lowest BCUT2D eigenvalue weighted by molar-refractivity contribution is 0.0341. The maximum absolute atomic E-state index is 10.8. The number of nitrogens with zero attached hydrogens (tertiary/aromatic N) is 4. The molecule has 2 aliphatic heterocycles. The van der Waals surface area contributed by atoms with Gasteiger partial charge in [0.25, 0.3) is 0 Å². The van der Waals surface area contributed by atoms with E-state index in [1.54, 1.807) is 0 Å². The summed E-state index contributed by atoms with van der Waals surface area (Å²) in [6, 6.07) is 8.35. The molecule has 1 aliphatic carbocycles. The smallest absolute Gasteiger partial charge is 0.127 e. The molecule has 2 atom stereocenters. The molecule has 0 amide bonds. The van der Waals surface area contributed by atoms with E-state index in [-0.39, 0.29) is 12.1 Å². The lowest BCUT2D eigenvalue weighted by Crippen LogP contribution is -2.35. The van der Waals surface area contributed by atoms with Crippen molar-refractivity contribution in [1.29, 1.82) is 0 Å². The molecule has 1 unspecified atom stereocenters. The predicted molar refractivity (Wildman–Crippen MR) is 159 cm³/mol. The fourth-order valence-electron chi connectivity index (χ4n) is 5.97. The van der Waals surface area contributed by atoms with Gasteiger partial charge in [-0.1, -0.05) is 25.0 Å². The first-order valence-electron chi connectivity index (χ1n) is 14.8. The SMILES string of the molecule is Cc1cc(CN2CCOCC2)cc(C=NC2CCCC[C@H]2N=Cc2cc(CN3CCOCC3)cc(C)c2O)c1O. The molecule has 2 aromatic rings. The van der Waals surface area contributed by atoms with Crippen LogP contribution in [0.5, 0.6) is 11.5 Å². The Morgan fingerprint density at radius 2 is 1.10 bits per heavy atom. The largest absolute Gasteiger partial charge is 0.507 e. The molecular weight excluding hydrogens is 504 g/mol. The van der Waals surface area contributed by atoms with Gasteiger partial charge in [0.1, 0.15) is 11.5 Å².